The van der Waals surface area contributed by atoms with Crippen LogP contribution in [0.25, 0.3) is 0 Å². The Labute approximate surface area is 194 Å². The minimum Gasteiger partial charge on any atom is -0.494 e. The van der Waals surface area contributed by atoms with Crippen molar-refractivity contribution < 1.29 is 14.3 Å². The maximum atomic E-state index is 12.9. The fraction of sp³-hybridized carbons (Fsp3) is 0.259. The summed E-state index contributed by atoms with van der Waals surface area (Å²) < 4.78 is 5.86. The normalized spacial score (nSPS) is 17.6. The van der Waals surface area contributed by atoms with E-state index >= 15 is 0 Å². The molecule has 4 N–H and O–H groups in total. The third-order valence-corrected chi connectivity index (χ3v) is 5.79. The van der Waals surface area contributed by atoms with Gasteiger partial charge in [0.2, 0.25) is 5.91 Å². The summed E-state index contributed by atoms with van der Waals surface area (Å²) in [6.45, 7) is 0.684. The lowest BCUT2D eigenvalue weighted by Gasteiger charge is -2.19. The smallest absolute Gasteiger partial charge is 0.251 e. The van der Waals surface area contributed by atoms with Crippen LogP contribution in [0.15, 0.2) is 84.9 Å². The van der Waals surface area contributed by atoms with Crippen LogP contribution in [0.5, 0.6) is 5.75 Å². The number of rotatable bonds is 10. The van der Waals surface area contributed by atoms with Crippen LogP contribution in [0, 0.1) is 0 Å². The summed E-state index contributed by atoms with van der Waals surface area (Å²) in [7, 11) is 0. The molecule has 2 amide bonds. The van der Waals surface area contributed by atoms with Gasteiger partial charge in [0, 0.05) is 30.5 Å². The van der Waals surface area contributed by atoms with Crippen LogP contribution in [-0.2, 0) is 11.3 Å². The molecular formula is C27H29N3O3. The largest absolute Gasteiger partial charge is 0.494 e. The van der Waals surface area contributed by atoms with Gasteiger partial charge in [0.25, 0.3) is 5.91 Å². The lowest BCUT2D eigenvalue weighted by atomic mass is 10.1. The molecule has 0 radical (unpaired) electrons. The van der Waals surface area contributed by atoms with Crippen molar-refractivity contribution in [1.82, 2.24) is 10.6 Å². The molecule has 1 saturated carbocycles. The Hall–Kier alpha value is -3.64. The molecule has 1 aliphatic carbocycles. The van der Waals surface area contributed by atoms with Crippen LogP contribution >= 0.6 is 0 Å². The summed E-state index contributed by atoms with van der Waals surface area (Å²) in [6, 6.07) is 26.0. The monoisotopic (exact) mass is 443 g/mol. The first-order valence-electron chi connectivity index (χ1n) is 11.3. The lowest BCUT2D eigenvalue weighted by Crippen LogP contribution is -2.47. The molecule has 0 aliphatic heterocycles. The van der Waals surface area contributed by atoms with E-state index in [2.05, 4.69) is 10.6 Å². The highest BCUT2D eigenvalue weighted by Gasteiger charge is 2.34. The van der Waals surface area contributed by atoms with Crippen LogP contribution in [0.3, 0.4) is 0 Å². The van der Waals surface area contributed by atoms with Gasteiger partial charge in [-0.15, -0.1) is 0 Å². The van der Waals surface area contributed by atoms with Crippen LogP contribution in [0.2, 0.25) is 0 Å². The molecule has 4 rings (SSSR count). The van der Waals surface area contributed by atoms with E-state index < -0.39 is 6.04 Å². The molecule has 6 nitrogen and oxygen atoms in total. The van der Waals surface area contributed by atoms with Gasteiger partial charge < -0.3 is 21.1 Å². The molecule has 0 saturated heterocycles. The zero-order chi connectivity index (χ0) is 23.0. The van der Waals surface area contributed by atoms with Gasteiger partial charge in [0.15, 0.2) is 0 Å². The minimum atomic E-state index is -0.717. The van der Waals surface area contributed by atoms with E-state index in [1.54, 1.807) is 24.3 Å². The van der Waals surface area contributed by atoms with Gasteiger partial charge in [-0.05, 0) is 41.8 Å². The van der Waals surface area contributed by atoms with Gasteiger partial charge in [-0.3, -0.25) is 9.59 Å². The maximum absolute atomic E-state index is 12.9. The van der Waals surface area contributed by atoms with Crippen molar-refractivity contribution in [3.63, 3.8) is 0 Å². The van der Waals surface area contributed by atoms with E-state index in [1.165, 1.54) is 5.56 Å². The van der Waals surface area contributed by atoms with Gasteiger partial charge in [0.05, 0.1) is 6.61 Å². The summed E-state index contributed by atoms with van der Waals surface area (Å²) in [4.78, 5) is 25.5. The highest BCUT2D eigenvalue weighted by molar-refractivity contribution is 5.97. The predicted octanol–water partition coefficient (Wildman–Crippen LogP) is 3.39. The Kier molecular flexibility index (Phi) is 7.37. The molecule has 3 atom stereocenters. The van der Waals surface area contributed by atoms with Crippen molar-refractivity contribution in [3.05, 3.63) is 102 Å². The van der Waals surface area contributed by atoms with Gasteiger partial charge in [-0.1, -0.05) is 60.7 Å². The first-order valence-corrected chi connectivity index (χ1v) is 11.3. The standard InChI is InChI=1S/C27H29N3O3/c28-24-17-23(24)20-11-13-22(14-12-20)33-16-15-25(30-26(31)21-9-5-2-6-10-21)27(32)29-18-19-7-3-1-4-8-19/h1-14,23-25H,15-18,28H2,(H,29,32)(H,30,31)/t23-,24+,25+/m0/s1. The number of hydrogen-bond donors (Lipinski definition) is 3. The Morgan fingerprint density at radius 2 is 1.58 bits per heavy atom. The fourth-order valence-corrected chi connectivity index (χ4v) is 3.71. The molecule has 6 heteroatoms. The predicted molar refractivity (Wildman–Crippen MR) is 128 cm³/mol. The van der Waals surface area contributed by atoms with Crippen molar-refractivity contribution in [2.24, 2.45) is 5.73 Å². The van der Waals surface area contributed by atoms with Crippen molar-refractivity contribution in [3.8, 4) is 5.75 Å². The van der Waals surface area contributed by atoms with Crippen molar-refractivity contribution in [2.45, 2.75) is 37.4 Å². The zero-order valence-corrected chi connectivity index (χ0v) is 18.4. The topological polar surface area (TPSA) is 93.4 Å². The van der Waals surface area contributed by atoms with Crippen LogP contribution in [-0.4, -0.2) is 30.5 Å². The molecular weight excluding hydrogens is 414 g/mol. The lowest BCUT2D eigenvalue weighted by molar-refractivity contribution is -0.123. The van der Waals surface area contributed by atoms with E-state index in [1.807, 2.05) is 60.7 Å². The molecule has 1 fully saturated rings. The van der Waals surface area contributed by atoms with Crippen molar-refractivity contribution >= 4 is 11.8 Å². The quantitative estimate of drug-likeness (QED) is 0.448. The number of nitrogens with one attached hydrogen (secondary N) is 2. The number of amides is 2. The van der Waals surface area contributed by atoms with Crippen LogP contribution < -0.4 is 21.1 Å². The highest BCUT2D eigenvalue weighted by atomic mass is 16.5. The first kappa shape index (κ1) is 22.6. The average molecular weight is 444 g/mol. The average Bonchev–Trinajstić information content (AvgIpc) is 3.59. The van der Waals surface area contributed by atoms with Crippen LogP contribution in [0.4, 0.5) is 0 Å². The van der Waals surface area contributed by atoms with E-state index in [0.717, 1.165) is 17.7 Å². The summed E-state index contributed by atoms with van der Waals surface area (Å²) in [5.74, 6) is 0.640. The molecule has 33 heavy (non-hydrogen) atoms. The molecule has 3 aromatic carbocycles. The second-order valence-electron chi connectivity index (χ2n) is 8.31. The maximum Gasteiger partial charge on any atom is 0.251 e. The Morgan fingerprint density at radius 3 is 2.21 bits per heavy atom. The third-order valence-electron chi connectivity index (χ3n) is 5.79. The minimum absolute atomic E-state index is 0.246. The van der Waals surface area contributed by atoms with E-state index in [0.29, 0.717) is 31.1 Å². The fourth-order valence-electron chi connectivity index (χ4n) is 3.71. The molecule has 0 aromatic heterocycles. The van der Waals surface area contributed by atoms with Crippen molar-refractivity contribution in [2.75, 3.05) is 6.61 Å². The number of hydrogen-bond acceptors (Lipinski definition) is 4. The Bertz CT molecular complexity index is 1050. The molecule has 0 heterocycles. The van der Waals surface area contributed by atoms with Gasteiger partial charge in [-0.2, -0.15) is 0 Å². The second-order valence-corrected chi connectivity index (χ2v) is 8.31. The Morgan fingerprint density at radius 1 is 0.939 bits per heavy atom. The molecule has 1 aliphatic rings. The number of carbonyl (C=O) groups is 2. The number of carbonyl (C=O) groups excluding carboxylic acids is 2. The molecule has 0 bridgehead atoms. The van der Waals surface area contributed by atoms with Gasteiger partial charge in [0.1, 0.15) is 11.8 Å². The Balaban J connectivity index is 1.34. The number of benzene rings is 3. The van der Waals surface area contributed by atoms with Gasteiger partial charge >= 0.3 is 0 Å². The highest BCUT2D eigenvalue weighted by Crippen LogP contribution is 2.39. The molecule has 0 spiro atoms. The molecule has 170 valence electrons. The summed E-state index contributed by atoms with van der Waals surface area (Å²) >= 11 is 0. The van der Waals surface area contributed by atoms with E-state index in [-0.39, 0.29) is 17.9 Å². The number of nitrogens with two attached hydrogens (primary N) is 1. The van der Waals surface area contributed by atoms with E-state index in [9.17, 15) is 9.59 Å². The second kappa shape index (κ2) is 10.8. The number of ether oxygens (including phenoxy) is 1. The van der Waals surface area contributed by atoms with Crippen molar-refractivity contribution in [1.29, 1.82) is 0 Å². The summed E-state index contributed by atoms with van der Waals surface area (Å²) in [5.41, 5.74) is 8.64. The summed E-state index contributed by atoms with van der Waals surface area (Å²) in [6.07, 6.45) is 1.37. The zero-order valence-electron chi connectivity index (χ0n) is 18.4. The first-order chi connectivity index (χ1) is 16.1. The van der Waals surface area contributed by atoms with E-state index in [4.69, 9.17) is 10.5 Å². The SMILES string of the molecule is N[C@@H]1C[C@H]1c1ccc(OCC[C@@H](NC(=O)c2ccccc2)C(=O)NCc2ccccc2)cc1. The molecule has 0 unspecified atom stereocenters. The van der Waals surface area contributed by atoms with Crippen LogP contribution in [0.1, 0.15) is 40.2 Å². The van der Waals surface area contributed by atoms with Gasteiger partial charge in [-0.25, -0.2) is 0 Å². The third kappa shape index (κ3) is 6.43. The summed E-state index contributed by atoms with van der Waals surface area (Å²) in [5, 5.41) is 5.76. The molecule has 3 aromatic rings.